The van der Waals surface area contributed by atoms with Gasteiger partial charge in [0.05, 0.1) is 11.0 Å². The Morgan fingerprint density at radius 2 is 2.33 bits per heavy atom. The molecule has 2 unspecified atom stereocenters. The van der Waals surface area contributed by atoms with Gasteiger partial charge in [-0.2, -0.15) is 11.8 Å². The number of nitro groups is 1. The molecule has 0 aliphatic carbocycles. The van der Waals surface area contributed by atoms with Crippen molar-refractivity contribution in [2.45, 2.75) is 43.8 Å². The van der Waals surface area contributed by atoms with Crippen molar-refractivity contribution < 1.29 is 9.66 Å². The van der Waals surface area contributed by atoms with Crippen molar-refractivity contribution in [2.75, 3.05) is 18.5 Å². The number of benzene rings is 1. The van der Waals surface area contributed by atoms with E-state index in [1.807, 2.05) is 24.8 Å². The summed E-state index contributed by atoms with van der Waals surface area (Å²) in [5.74, 6) is 0.770. The molecule has 1 fully saturated rings. The molecule has 0 radical (unpaired) electrons. The first-order valence-corrected chi connectivity index (χ1v) is 8.41. The Hall–Kier alpha value is -1.27. The number of nitrogens with one attached hydrogen (secondary N) is 1. The molecular weight excluding hydrogens is 288 g/mol. The Labute approximate surface area is 129 Å². The van der Waals surface area contributed by atoms with E-state index in [1.54, 1.807) is 12.1 Å². The Kier molecular flexibility index (Phi) is 5.87. The zero-order valence-corrected chi connectivity index (χ0v) is 13.3. The van der Waals surface area contributed by atoms with Crippen molar-refractivity contribution in [1.82, 2.24) is 0 Å². The van der Waals surface area contributed by atoms with Gasteiger partial charge >= 0.3 is 0 Å². The molecule has 5 nitrogen and oxygen atoms in total. The maximum Gasteiger partial charge on any atom is 0.292 e. The van der Waals surface area contributed by atoms with Crippen molar-refractivity contribution in [2.24, 2.45) is 0 Å². The lowest BCUT2D eigenvalue weighted by molar-refractivity contribution is -0.384. The second-order valence-electron chi connectivity index (χ2n) is 5.21. The average Bonchev–Trinajstić information content (AvgIpc) is 2.88. The van der Waals surface area contributed by atoms with E-state index in [0.717, 1.165) is 37.3 Å². The summed E-state index contributed by atoms with van der Waals surface area (Å²) in [4.78, 5) is 10.9. The van der Waals surface area contributed by atoms with Crippen LogP contribution in [0.1, 0.15) is 32.3 Å². The van der Waals surface area contributed by atoms with Gasteiger partial charge in [0.1, 0.15) is 5.69 Å². The number of thioether (sulfide) groups is 1. The highest BCUT2D eigenvalue weighted by Crippen LogP contribution is 2.34. The van der Waals surface area contributed by atoms with Crippen LogP contribution >= 0.6 is 11.8 Å². The molecule has 6 heteroatoms. The summed E-state index contributed by atoms with van der Waals surface area (Å²) in [5, 5.41) is 14.9. The minimum Gasteiger partial charge on any atom is -0.379 e. The Balaban J connectivity index is 2.13. The van der Waals surface area contributed by atoms with Gasteiger partial charge in [-0.05, 0) is 25.3 Å². The molecule has 116 valence electrons. The highest BCUT2D eigenvalue weighted by molar-refractivity contribution is 7.99. The summed E-state index contributed by atoms with van der Waals surface area (Å²) in [7, 11) is 0. The van der Waals surface area contributed by atoms with Gasteiger partial charge in [-0.3, -0.25) is 10.1 Å². The number of ether oxygens (including phenoxy) is 1. The lowest BCUT2D eigenvalue weighted by Crippen LogP contribution is -2.14. The standard InChI is InChI=1S/C15H22N2O3S/c1-3-8-16-15-12(5-4-6-13(15)17(18)19)10-21-14-7-9-20-11(14)2/h4-6,11,14,16H,3,7-10H2,1-2H3. The van der Waals surface area contributed by atoms with Crippen LogP contribution in [-0.2, 0) is 10.5 Å². The highest BCUT2D eigenvalue weighted by Gasteiger charge is 2.25. The molecule has 1 heterocycles. The van der Waals surface area contributed by atoms with Gasteiger partial charge in [-0.15, -0.1) is 0 Å². The number of anilines is 1. The third-order valence-corrected chi connectivity index (χ3v) is 5.16. The minimum absolute atomic E-state index is 0.164. The zero-order valence-electron chi connectivity index (χ0n) is 12.5. The molecule has 1 aliphatic rings. The molecule has 2 atom stereocenters. The lowest BCUT2D eigenvalue weighted by atomic mass is 10.1. The normalized spacial score (nSPS) is 21.4. The van der Waals surface area contributed by atoms with Gasteiger partial charge in [0.2, 0.25) is 0 Å². The van der Waals surface area contributed by atoms with E-state index in [1.165, 1.54) is 0 Å². The highest BCUT2D eigenvalue weighted by atomic mass is 32.2. The average molecular weight is 310 g/mol. The van der Waals surface area contributed by atoms with Crippen molar-refractivity contribution in [1.29, 1.82) is 0 Å². The zero-order chi connectivity index (χ0) is 15.2. The fourth-order valence-corrected chi connectivity index (χ4v) is 3.69. The molecule has 1 aromatic rings. The van der Waals surface area contributed by atoms with Gasteiger partial charge in [-0.25, -0.2) is 0 Å². The van der Waals surface area contributed by atoms with Crippen LogP contribution in [0.3, 0.4) is 0 Å². The van der Waals surface area contributed by atoms with Crippen LogP contribution < -0.4 is 5.32 Å². The number of nitro benzene ring substituents is 1. The first-order valence-electron chi connectivity index (χ1n) is 7.36. The smallest absolute Gasteiger partial charge is 0.292 e. The largest absolute Gasteiger partial charge is 0.379 e. The third kappa shape index (κ3) is 4.11. The molecule has 0 amide bonds. The second-order valence-corrected chi connectivity index (χ2v) is 6.44. The van der Waals surface area contributed by atoms with Crippen LogP contribution in [0.4, 0.5) is 11.4 Å². The van der Waals surface area contributed by atoms with Crippen molar-refractivity contribution in [3.05, 3.63) is 33.9 Å². The monoisotopic (exact) mass is 310 g/mol. The maximum atomic E-state index is 11.2. The molecule has 1 saturated heterocycles. The molecular formula is C15H22N2O3S. The number of hydrogen-bond donors (Lipinski definition) is 1. The topological polar surface area (TPSA) is 64.4 Å². The first-order chi connectivity index (χ1) is 10.1. The molecule has 2 rings (SSSR count). The van der Waals surface area contributed by atoms with E-state index in [2.05, 4.69) is 12.2 Å². The van der Waals surface area contributed by atoms with Crippen LogP contribution in [0.25, 0.3) is 0 Å². The summed E-state index contributed by atoms with van der Waals surface area (Å²) < 4.78 is 5.57. The summed E-state index contributed by atoms with van der Waals surface area (Å²) in [6.45, 7) is 5.70. The quantitative estimate of drug-likeness (QED) is 0.612. The van der Waals surface area contributed by atoms with E-state index in [0.29, 0.717) is 10.9 Å². The third-order valence-electron chi connectivity index (χ3n) is 3.64. The van der Waals surface area contributed by atoms with Crippen molar-refractivity contribution in [3.8, 4) is 0 Å². The predicted octanol–water partition coefficient (Wildman–Crippen LogP) is 3.83. The number of rotatable bonds is 7. The Morgan fingerprint density at radius 1 is 1.52 bits per heavy atom. The van der Waals surface area contributed by atoms with E-state index in [-0.39, 0.29) is 16.7 Å². The van der Waals surface area contributed by atoms with Crippen LogP contribution in [0, 0.1) is 10.1 Å². The van der Waals surface area contributed by atoms with E-state index in [9.17, 15) is 10.1 Å². The van der Waals surface area contributed by atoms with Gasteiger partial charge in [0, 0.05) is 30.2 Å². The summed E-state index contributed by atoms with van der Waals surface area (Å²) >= 11 is 1.83. The van der Waals surface area contributed by atoms with E-state index < -0.39 is 0 Å². The Bertz CT molecular complexity index is 496. The van der Waals surface area contributed by atoms with Crippen molar-refractivity contribution in [3.63, 3.8) is 0 Å². The van der Waals surface area contributed by atoms with Crippen LogP contribution in [0.5, 0.6) is 0 Å². The van der Waals surface area contributed by atoms with Gasteiger partial charge in [-0.1, -0.05) is 19.1 Å². The SMILES string of the molecule is CCCNc1c(CSC2CCOC2C)cccc1[N+](=O)[O-]. The molecule has 1 N–H and O–H groups in total. The predicted molar refractivity (Wildman–Crippen MR) is 87.0 cm³/mol. The lowest BCUT2D eigenvalue weighted by Gasteiger charge is -2.16. The Morgan fingerprint density at radius 3 is 2.95 bits per heavy atom. The minimum atomic E-state index is -0.312. The van der Waals surface area contributed by atoms with Crippen LogP contribution in [-0.4, -0.2) is 29.4 Å². The summed E-state index contributed by atoms with van der Waals surface area (Å²) in [5.41, 5.74) is 1.84. The summed E-state index contributed by atoms with van der Waals surface area (Å²) in [6, 6.07) is 5.30. The number of hydrogen-bond acceptors (Lipinski definition) is 5. The fraction of sp³-hybridized carbons (Fsp3) is 0.600. The van der Waals surface area contributed by atoms with Gasteiger partial charge in [0.15, 0.2) is 0 Å². The molecule has 0 bridgehead atoms. The molecule has 0 spiro atoms. The van der Waals surface area contributed by atoms with Gasteiger partial charge in [0.25, 0.3) is 5.69 Å². The van der Waals surface area contributed by atoms with Gasteiger partial charge < -0.3 is 10.1 Å². The molecule has 0 saturated carbocycles. The molecule has 1 aromatic carbocycles. The maximum absolute atomic E-state index is 11.2. The fourth-order valence-electron chi connectivity index (χ4n) is 2.44. The molecule has 0 aromatic heterocycles. The summed E-state index contributed by atoms with van der Waals surface area (Å²) in [6.07, 6.45) is 2.26. The van der Waals surface area contributed by atoms with Crippen LogP contribution in [0.15, 0.2) is 18.2 Å². The van der Waals surface area contributed by atoms with Crippen molar-refractivity contribution >= 4 is 23.1 Å². The van der Waals surface area contributed by atoms with E-state index >= 15 is 0 Å². The number of nitrogens with zero attached hydrogens (tertiary/aromatic N) is 1. The number of para-hydroxylation sites is 1. The molecule has 21 heavy (non-hydrogen) atoms. The first kappa shape index (κ1) is 16.1. The second kappa shape index (κ2) is 7.66. The van der Waals surface area contributed by atoms with Crippen LogP contribution in [0.2, 0.25) is 0 Å². The molecule has 1 aliphatic heterocycles. The van der Waals surface area contributed by atoms with E-state index in [4.69, 9.17) is 4.74 Å².